The van der Waals surface area contributed by atoms with Gasteiger partial charge < -0.3 is 10.6 Å². The number of nitrogens with zero attached hydrogens (tertiary/aromatic N) is 1. The number of rotatable bonds is 0. The van der Waals surface area contributed by atoms with Gasteiger partial charge >= 0.3 is 0 Å². The minimum absolute atomic E-state index is 0. The van der Waals surface area contributed by atoms with Crippen LogP contribution in [0.4, 0.5) is 4.39 Å². The second-order valence-electron chi connectivity index (χ2n) is 2.73. The molecule has 1 rings (SSSR count). The fourth-order valence-corrected chi connectivity index (χ4v) is 1.12. The Kier molecular flexibility index (Phi) is 7.63. The van der Waals surface area contributed by atoms with Gasteiger partial charge in [0.1, 0.15) is 6.17 Å². The van der Waals surface area contributed by atoms with Gasteiger partial charge in [-0.15, -0.1) is 24.8 Å². The zero-order valence-corrected chi connectivity index (χ0v) is 8.13. The number of nitrogens with two attached hydrogens (primary N) is 1. The Morgan fingerprint density at radius 2 is 2.00 bits per heavy atom. The first-order valence-corrected chi connectivity index (χ1v) is 3.28. The summed E-state index contributed by atoms with van der Waals surface area (Å²) < 4.78 is 12.6. The van der Waals surface area contributed by atoms with Crippen LogP contribution >= 0.6 is 24.8 Å². The second-order valence-corrected chi connectivity index (χ2v) is 2.73. The van der Waals surface area contributed by atoms with Crippen LogP contribution in [-0.4, -0.2) is 37.3 Å². The van der Waals surface area contributed by atoms with Crippen LogP contribution in [0.15, 0.2) is 0 Å². The van der Waals surface area contributed by atoms with E-state index in [0.717, 1.165) is 6.54 Å². The maximum Gasteiger partial charge on any atom is 0.118 e. The van der Waals surface area contributed by atoms with E-state index < -0.39 is 6.17 Å². The van der Waals surface area contributed by atoms with Gasteiger partial charge in [-0.2, -0.15) is 0 Å². The zero-order valence-electron chi connectivity index (χ0n) is 6.50. The Morgan fingerprint density at radius 3 is 2.36 bits per heavy atom. The first-order valence-electron chi connectivity index (χ1n) is 3.28. The van der Waals surface area contributed by atoms with Crippen molar-refractivity contribution in [3.63, 3.8) is 0 Å². The molecule has 0 amide bonds. The molecule has 1 fully saturated rings. The molecule has 2 atom stereocenters. The molecular formula is C6H15Cl2FN2. The van der Waals surface area contributed by atoms with Crippen LogP contribution in [0.25, 0.3) is 0 Å². The predicted octanol–water partition coefficient (Wildman–Crippen LogP) is 0.831. The van der Waals surface area contributed by atoms with Crippen LogP contribution in [-0.2, 0) is 0 Å². The summed E-state index contributed by atoms with van der Waals surface area (Å²) in [6, 6.07) is -0.260. The molecule has 1 aliphatic rings. The number of piperidine rings is 1. The highest BCUT2D eigenvalue weighted by molar-refractivity contribution is 5.85. The largest absolute Gasteiger partial charge is 0.324 e. The Balaban J connectivity index is 0. The number of likely N-dealkylation sites (N-methyl/N-ethyl adjacent to an activating group) is 1. The number of alkyl halides is 1. The van der Waals surface area contributed by atoms with Gasteiger partial charge in [0.2, 0.25) is 0 Å². The van der Waals surface area contributed by atoms with Crippen LogP contribution in [0, 0.1) is 0 Å². The molecule has 2 nitrogen and oxygen atoms in total. The van der Waals surface area contributed by atoms with Crippen LogP contribution < -0.4 is 5.73 Å². The molecule has 11 heavy (non-hydrogen) atoms. The normalized spacial score (nSPS) is 31.9. The molecule has 0 aromatic heterocycles. The van der Waals surface area contributed by atoms with E-state index in [9.17, 15) is 4.39 Å². The van der Waals surface area contributed by atoms with E-state index in [4.69, 9.17) is 5.73 Å². The lowest BCUT2D eigenvalue weighted by atomic mass is 10.1. The van der Waals surface area contributed by atoms with Gasteiger partial charge in [0, 0.05) is 19.1 Å². The summed E-state index contributed by atoms with van der Waals surface area (Å²) in [4.78, 5) is 2.06. The molecule has 0 aliphatic carbocycles. The highest BCUT2D eigenvalue weighted by Crippen LogP contribution is 2.10. The molecule has 1 saturated heterocycles. The minimum Gasteiger partial charge on any atom is -0.324 e. The number of hydrogen-bond acceptors (Lipinski definition) is 2. The molecule has 5 heteroatoms. The smallest absolute Gasteiger partial charge is 0.118 e. The molecule has 0 aromatic carbocycles. The molecule has 70 valence electrons. The summed E-state index contributed by atoms with van der Waals surface area (Å²) in [7, 11) is 1.96. The summed E-state index contributed by atoms with van der Waals surface area (Å²) in [6.45, 7) is 1.54. The van der Waals surface area contributed by atoms with Crippen molar-refractivity contribution in [2.45, 2.75) is 18.6 Å². The quantitative estimate of drug-likeness (QED) is 0.634. The molecule has 0 spiro atoms. The van der Waals surface area contributed by atoms with Crippen LogP contribution in [0.3, 0.4) is 0 Å². The first-order chi connectivity index (χ1) is 4.20. The molecule has 1 heterocycles. The topological polar surface area (TPSA) is 29.3 Å². The summed E-state index contributed by atoms with van der Waals surface area (Å²) in [5, 5.41) is 0. The molecule has 0 aromatic rings. The monoisotopic (exact) mass is 204 g/mol. The van der Waals surface area contributed by atoms with Gasteiger partial charge in [-0.3, -0.25) is 0 Å². The maximum atomic E-state index is 12.6. The lowest BCUT2D eigenvalue weighted by Crippen LogP contribution is -2.47. The third kappa shape index (κ3) is 4.11. The highest BCUT2D eigenvalue weighted by Gasteiger charge is 2.23. The Labute approximate surface area is 79.1 Å². The average Bonchev–Trinajstić information content (AvgIpc) is 1.80. The Hall–Kier alpha value is 0.430. The molecule has 0 saturated carbocycles. The summed E-state index contributed by atoms with van der Waals surface area (Å²) in [6.07, 6.45) is -0.182. The molecule has 0 unspecified atom stereocenters. The van der Waals surface area contributed by atoms with Crippen LogP contribution in [0.5, 0.6) is 0 Å². The van der Waals surface area contributed by atoms with Gasteiger partial charge in [-0.05, 0) is 13.5 Å². The fraction of sp³-hybridized carbons (Fsp3) is 1.00. The standard InChI is InChI=1S/C6H13FN2.2ClH/c1-9-3-2-5(7)6(8)4-9;;/h5-6H,2-4,8H2,1H3;2*1H/t5-,6-;;/m1../s1. The lowest BCUT2D eigenvalue weighted by Gasteiger charge is -2.29. The van der Waals surface area contributed by atoms with Crippen LogP contribution in [0.1, 0.15) is 6.42 Å². The SMILES string of the molecule is CN1CC[C@@H](F)[C@H](N)C1.Cl.Cl. The number of hydrogen-bond donors (Lipinski definition) is 1. The summed E-state index contributed by atoms with van der Waals surface area (Å²) in [5.41, 5.74) is 5.45. The summed E-state index contributed by atoms with van der Waals surface area (Å²) >= 11 is 0. The minimum atomic E-state index is -0.777. The second kappa shape index (κ2) is 6.00. The van der Waals surface area contributed by atoms with Crippen molar-refractivity contribution in [1.29, 1.82) is 0 Å². The van der Waals surface area contributed by atoms with E-state index in [0.29, 0.717) is 13.0 Å². The van der Waals surface area contributed by atoms with Crippen molar-refractivity contribution in [2.75, 3.05) is 20.1 Å². The van der Waals surface area contributed by atoms with Crippen molar-refractivity contribution in [1.82, 2.24) is 4.90 Å². The van der Waals surface area contributed by atoms with E-state index in [2.05, 4.69) is 4.90 Å². The third-order valence-electron chi connectivity index (χ3n) is 1.77. The van der Waals surface area contributed by atoms with Gasteiger partial charge in [-0.1, -0.05) is 0 Å². The van der Waals surface area contributed by atoms with Crippen molar-refractivity contribution in [3.05, 3.63) is 0 Å². The number of halogens is 3. The van der Waals surface area contributed by atoms with E-state index >= 15 is 0 Å². The van der Waals surface area contributed by atoms with Gasteiger partial charge in [-0.25, -0.2) is 4.39 Å². The van der Waals surface area contributed by atoms with Crippen molar-refractivity contribution < 1.29 is 4.39 Å². The predicted molar refractivity (Wildman–Crippen MR) is 49.5 cm³/mol. The third-order valence-corrected chi connectivity index (χ3v) is 1.77. The van der Waals surface area contributed by atoms with Gasteiger partial charge in [0.05, 0.1) is 0 Å². The van der Waals surface area contributed by atoms with E-state index in [1.807, 2.05) is 7.05 Å². The van der Waals surface area contributed by atoms with E-state index in [-0.39, 0.29) is 30.9 Å². The van der Waals surface area contributed by atoms with Gasteiger partial charge in [0.15, 0.2) is 0 Å². The maximum absolute atomic E-state index is 12.6. The van der Waals surface area contributed by atoms with Crippen molar-refractivity contribution in [2.24, 2.45) is 5.73 Å². The van der Waals surface area contributed by atoms with E-state index in [1.54, 1.807) is 0 Å². The molecule has 0 bridgehead atoms. The van der Waals surface area contributed by atoms with Crippen molar-refractivity contribution in [3.8, 4) is 0 Å². The highest BCUT2D eigenvalue weighted by atomic mass is 35.5. The first kappa shape index (κ1) is 14.0. The van der Waals surface area contributed by atoms with Crippen molar-refractivity contribution >= 4 is 24.8 Å². The fourth-order valence-electron chi connectivity index (χ4n) is 1.12. The van der Waals surface area contributed by atoms with E-state index in [1.165, 1.54) is 0 Å². The molecular weight excluding hydrogens is 190 g/mol. The van der Waals surface area contributed by atoms with Gasteiger partial charge in [0.25, 0.3) is 0 Å². The van der Waals surface area contributed by atoms with Crippen LogP contribution in [0.2, 0.25) is 0 Å². The summed E-state index contributed by atoms with van der Waals surface area (Å²) in [5.74, 6) is 0. The molecule has 1 aliphatic heterocycles. The molecule has 0 radical (unpaired) electrons. The Bertz CT molecular complexity index is 105. The Morgan fingerprint density at radius 1 is 1.45 bits per heavy atom. The number of likely N-dealkylation sites (tertiary alicyclic amines) is 1. The lowest BCUT2D eigenvalue weighted by molar-refractivity contribution is 0.148. The average molecular weight is 205 g/mol. The molecule has 2 N–H and O–H groups in total. The zero-order chi connectivity index (χ0) is 6.85.